The minimum atomic E-state index is -3.34. The molecule has 0 amide bonds. The van der Waals surface area contributed by atoms with Crippen molar-refractivity contribution in [2.24, 2.45) is 5.92 Å². The van der Waals surface area contributed by atoms with E-state index in [0.717, 1.165) is 18.8 Å². The molecule has 0 aromatic carbocycles. The number of hydrogen-bond acceptors (Lipinski definition) is 3. The maximum Gasteiger partial charge on any atom is 0.232 e. The maximum atomic E-state index is 10.6. The van der Waals surface area contributed by atoms with Crippen LogP contribution in [0.1, 0.15) is 32.6 Å². The third-order valence-electron chi connectivity index (χ3n) is 2.53. The van der Waals surface area contributed by atoms with Crippen molar-refractivity contribution in [3.05, 3.63) is 0 Å². The van der Waals surface area contributed by atoms with Gasteiger partial charge >= 0.3 is 0 Å². The van der Waals surface area contributed by atoms with Crippen LogP contribution in [0.5, 0.6) is 0 Å². The predicted molar refractivity (Wildman–Crippen MR) is 57.0 cm³/mol. The first-order chi connectivity index (χ1) is 6.47. The van der Waals surface area contributed by atoms with Gasteiger partial charge in [-0.25, -0.2) is 8.42 Å². The van der Waals surface area contributed by atoms with Gasteiger partial charge in [-0.15, -0.1) is 0 Å². The summed E-state index contributed by atoms with van der Waals surface area (Å²) >= 11 is 0. The van der Waals surface area contributed by atoms with Crippen LogP contribution >= 0.6 is 10.7 Å². The third-order valence-corrected chi connectivity index (χ3v) is 3.77. The van der Waals surface area contributed by atoms with Crippen LogP contribution in [0.4, 0.5) is 0 Å². The summed E-state index contributed by atoms with van der Waals surface area (Å²) in [5.41, 5.74) is 0. The molecular weight excluding hydrogens is 224 g/mol. The summed E-state index contributed by atoms with van der Waals surface area (Å²) in [5, 5.41) is 0. The number of rotatable bonds is 5. The Kier molecular flexibility index (Phi) is 4.67. The zero-order chi connectivity index (χ0) is 10.6. The normalized spacial score (nSPS) is 28.1. The van der Waals surface area contributed by atoms with E-state index in [2.05, 4.69) is 6.92 Å². The molecule has 0 saturated heterocycles. The molecule has 0 aromatic rings. The molecule has 1 aliphatic rings. The lowest BCUT2D eigenvalue weighted by Gasteiger charge is -2.10. The van der Waals surface area contributed by atoms with E-state index in [9.17, 15) is 8.42 Å². The van der Waals surface area contributed by atoms with Crippen LogP contribution in [0.25, 0.3) is 0 Å². The first-order valence-electron chi connectivity index (χ1n) is 5.01. The lowest BCUT2D eigenvalue weighted by atomic mass is 10.1. The molecule has 0 spiro atoms. The van der Waals surface area contributed by atoms with Crippen LogP contribution in [0, 0.1) is 5.92 Å². The van der Waals surface area contributed by atoms with Gasteiger partial charge in [-0.2, -0.15) is 0 Å². The molecule has 1 aliphatic carbocycles. The lowest BCUT2D eigenvalue weighted by Crippen LogP contribution is -2.11. The molecule has 5 heteroatoms. The maximum absolute atomic E-state index is 10.6. The highest BCUT2D eigenvalue weighted by Gasteiger charge is 2.21. The van der Waals surface area contributed by atoms with Gasteiger partial charge in [-0.05, 0) is 31.6 Å². The molecule has 2 unspecified atom stereocenters. The first-order valence-corrected chi connectivity index (χ1v) is 7.49. The average molecular weight is 241 g/mol. The first kappa shape index (κ1) is 12.3. The summed E-state index contributed by atoms with van der Waals surface area (Å²) in [6, 6.07) is 0. The molecule has 3 nitrogen and oxygen atoms in total. The standard InChI is InChI=1S/C9H17ClO3S/c1-8-3-4-9(7-8)13-5-2-6-14(10,11)12/h8-9H,2-7H2,1H3. The molecule has 0 radical (unpaired) electrons. The average Bonchev–Trinajstić information content (AvgIpc) is 2.44. The molecule has 0 heterocycles. The van der Waals surface area contributed by atoms with Gasteiger partial charge in [0, 0.05) is 17.3 Å². The Balaban J connectivity index is 2.05. The van der Waals surface area contributed by atoms with Crippen LogP contribution in [-0.4, -0.2) is 26.9 Å². The van der Waals surface area contributed by atoms with Crippen LogP contribution in [0.3, 0.4) is 0 Å². The van der Waals surface area contributed by atoms with Gasteiger partial charge in [0.05, 0.1) is 11.9 Å². The summed E-state index contributed by atoms with van der Waals surface area (Å²) < 4.78 is 26.7. The van der Waals surface area contributed by atoms with Crippen molar-refractivity contribution in [3.63, 3.8) is 0 Å². The highest BCUT2D eigenvalue weighted by atomic mass is 35.7. The molecule has 1 saturated carbocycles. The fraction of sp³-hybridized carbons (Fsp3) is 1.00. The van der Waals surface area contributed by atoms with Crippen molar-refractivity contribution in [1.29, 1.82) is 0 Å². The number of hydrogen-bond donors (Lipinski definition) is 0. The zero-order valence-corrected chi connectivity index (χ0v) is 9.98. The molecule has 0 aromatic heterocycles. The monoisotopic (exact) mass is 240 g/mol. The minimum absolute atomic E-state index is 0.0107. The zero-order valence-electron chi connectivity index (χ0n) is 8.41. The van der Waals surface area contributed by atoms with E-state index in [-0.39, 0.29) is 5.75 Å². The second-order valence-corrected chi connectivity index (χ2v) is 6.90. The van der Waals surface area contributed by atoms with Crippen LogP contribution in [-0.2, 0) is 13.8 Å². The van der Waals surface area contributed by atoms with Gasteiger partial charge < -0.3 is 4.74 Å². The Hall–Kier alpha value is 0.200. The molecule has 0 aliphatic heterocycles. The largest absolute Gasteiger partial charge is 0.378 e. The van der Waals surface area contributed by atoms with Crippen molar-refractivity contribution in [2.75, 3.05) is 12.4 Å². The molecule has 14 heavy (non-hydrogen) atoms. The van der Waals surface area contributed by atoms with E-state index in [1.54, 1.807) is 0 Å². The van der Waals surface area contributed by atoms with Crippen molar-refractivity contribution in [3.8, 4) is 0 Å². The van der Waals surface area contributed by atoms with Crippen molar-refractivity contribution in [2.45, 2.75) is 38.7 Å². The van der Waals surface area contributed by atoms with E-state index in [0.29, 0.717) is 19.1 Å². The molecule has 1 fully saturated rings. The Morgan fingerprint density at radius 3 is 2.64 bits per heavy atom. The van der Waals surface area contributed by atoms with Gasteiger partial charge in [-0.1, -0.05) is 6.92 Å². The van der Waals surface area contributed by atoms with Gasteiger partial charge in [0.15, 0.2) is 0 Å². The van der Waals surface area contributed by atoms with E-state index >= 15 is 0 Å². The fourth-order valence-electron chi connectivity index (χ4n) is 1.79. The van der Waals surface area contributed by atoms with Crippen molar-refractivity contribution < 1.29 is 13.2 Å². The van der Waals surface area contributed by atoms with Crippen molar-refractivity contribution >= 4 is 19.7 Å². The van der Waals surface area contributed by atoms with E-state index in [1.807, 2.05) is 0 Å². The molecule has 84 valence electrons. The van der Waals surface area contributed by atoms with Gasteiger partial charge in [0.1, 0.15) is 0 Å². The number of ether oxygens (including phenoxy) is 1. The van der Waals surface area contributed by atoms with E-state index in [1.165, 1.54) is 6.42 Å². The smallest absolute Gasteiger partial charge is 0.232 e. The summed E-state index contributed by atoms with van der Waals surface area (Å²) in [4.78, 5) is 0. The Morgan fingerprint density at radius 2 is 2.14 bits per heavy atom. The SMILES string of the molecule is CC1CCC(OCCCS(=O)(=O)Cl)C1. The van der Waals surface area contributed by atoms with Gasteiger partial charge in [-0.3, -0.25) is 0 Å². The summed E-state index contributed by atoms with van der Waals surface area (Å²) in [6.45, 7) is 2.72. The highest BCUT2D eigenvalue weighted by molar-refractivity contribution is 8.13. The number of halogens is 1. The van der Waals surface area contributed by atoms with Crippen molar-refractivity contribution in [1.82, 2.24) is 0 Å². The summed E-state index contributed by atoms with van der Waals surface area (Å²) in [7, 11) is 1.73. The van der Waals surface area contributed by atoms with Crippen LogP contribution < -0.4 is 0 Å². The second-order valence-electron chi connectivity index (χ2n) is 4.01. The van der Waals surface area contributed by atoms with Crippen LogP contribution in [0.2, 0.25) is 0 Å². The fourth-order valence-corrected chi connectivity index (χ4v) is 2.58. The molecule has 2 atom stereocenters. The van der Waals surface area contributed by atoms with Crippen LogP contribution in [0.15, 0.2) is 0 Å². The third kappa shape index (κ3) is 5.17. The molecule has 0 N–H and O–H groups in total. The summed E-state index contributed by atoms with van der Waals surface area (Å²) in [5.74, 6) is 0.758. The highest BCUT2D eigenvalue weighted by Crippen LogP contribution is 2.26. The summed E-state index contributed by atoms with van der Waals surface area (Å²) in [6.07, 6.45) is 4.26. The van der Waals surface area contributed by atoms with Gasteiger partial charge in [0.25, 0.3) is 0 Å². The Bertz CT molecular complexity index is 263. The lowest BCUT2D eigenvalue weighted by molar-refractivity contribution is 0.0569. The molecule has 0 bridgehead atoms. The van der Waals surface area contributed by atoms with Gasteiger partial charge in [0.2, 0.25) is 9.05 Å². The van der Waals surface area contributed by atoms with E-state index in [4.69, 9.17) is 15.4 Å². The molecule has 1 rings (SSSR count). The quantitative estimate of drug-likeness (QED) is 0.546. The minimum Gasteiger partial charge on any atom is -0.378 e. The Labute approximate surface area is 90.2 Å². The Morgan fingerprint density at radius 1 is 1.43 bits per heavy atom. The molecular formula is C9H17ClO3S. The van der Waals surface area contributed by atoms with E-state index < -0.39 is 9.05 Å². The predicted octanol–water partition coefficient (Wildman–Crippen LogP) is 2.15. The topological polar surface area (TPSA) is 43.4 Å². The second kappa shape index (κ2) is 5.33.